The number of H-pyrrole nitrogens is 1. The minimum absolute atomic E-state index is 0.0977. The Labute approximate surface area is 92.7 Å². The SMILES string of the molecule is CN1CCC(n2c(N)cc(=O)[nH]c2=O)CC1. The molecule has 2 rings (SSSR count). The zero-order valence-corrected chi connectivity index (χ0v) is 9.27. The molecule has 88 valence electrons. The van der Waals surface area contributed by atoms with Gasteiger partial charge < -0.3 is 10.6 Å². The van der Waals surface area contributed by atoms with Crippen molar-refractivity contribution in [2.75, 3.05) is 25.9 Å². The topological polar surface area (TPSA) is 84.1 Å². The largest absolute Gasteiger partial charge is 0.385 e. The van der Waals surface area contributed by atoms with E-state index in [-0.39, 0.29) is 11.9 Å². The van der Waals surface area contributed by atoms with Crippen molar-refractivity contribution >= 4 is 5.82 Å². The summed E-state index contributed by atoms with van der Waals surface area (Å²) in [6.45, 7) is 1.88. The highest BCUT2D eigenvalue weighted by molar-refractivity contribution is 5.27. The lowest BCUT2D eigenvalue weighted by Crippen LogP contribution is -2.39. The standard InChI is InChI=1S/C10H16N4O2/c1-13-4-2-7(3-5-13)14-8(11)6-9(15)12-10(14)16/h6-7H,2-5,11H2,1H3,(H,12,15,16). The number of piperidine rings is 1. The van der Waals surface area contributed by atoms with Gasteiger partial charge in [0.2, 0.25) is 0 Å². The molecule has 0 radical (unpaired) electrons. The maximum atomic E-state index is 11.7. The maximum Gasteiger partial charge on any atom is 0.330 e. The van der Waals surface area contributed by atoms with Gasteiger partial charge in [0.25, 0.3) is 5.56 Å². The molecule has 6 nitrogen and oxygen atoms in total. The van der Waals surface area contributed by atoms with Crippen molar-refractivity contribution in [3.8, 4) is 0 Å². The first-order chi connectivity index (χ1) is 7.58. The minimum Gasteiger partial charge on any atom is -0.385 e. The van der Waals surface area contributed by atoms with Crippen molar-refractivity contribution in [1.82, 2.24) is 14.5 Å². The average Bonchev–Trinajstić information content (AvgIpc) is 2.19. The summed E-state index contributed by atoms with van der Waals surface area (Å²) in [6.07, 6.45) is 1.76. The van der Waals surface area contributed by atoms with E-state index in [0.717, 1.165) is 25.9 Å². The number of nitrogen functional groups attached to an aromatic ring is 1. The molecule has 1 aromatic heterocycles. The summed E-state index contributed by atoms with van der Waals surface area (Å²) < 4.78 is 1.49. The first-order valence-corrected chi connectivity index (χ1v) is 5.38. The van der Waals surface area contributed by atoms with Gasteiger partial charge in [0.1, 0.15) is 5.82 Å². The molecular weight excluding hydrogens is 208 g/mol. The van der Waals surface area contributed by atoms with Crippen LogP contribution >= 0.6 is 0 Å². The molecule has 0 aromatic carbocycles. The Morgan fingerprint density at radius 1 is 1.38 bits per heavy atom. The molecule has 0 saturated carbocycles. The molecule has 2 heterocycles. The van der Waals surface area contributed by atoms with Gasteiger partial charge in [-0.1, -0.05) is 0 Å². The van der Waals surface area contributed by atoms with Crippen LogP contribution < -0.4 is 17.0 Å². The van der Waals surface area contributed by atoms with Crippen molar-refractivity contribution in [3.05, 3.63) is 26.9 Å². The summed E-state index contributed by atoms with van der Waals surface area (Å²) in [4.78, 5) is 27.2. The van der Waals surface area contributed by atoms with Gasteiger partial charge in [-0.2, -0.15) is 0 Å². The molecule has 0 atom stereocenters. The summed E-state index contributed by atoms with van der Waals surface area (Å²) in [7, 11) is 2.05. The highest BCUT2D eigenvalue weighted by Gasteiger charge is 2.20. The average molecular weight is 224 g/mol. The Hall–Kier alpha value is -1.56. The van der Waals surface area contributed by atoms with Crippen LogP contribution in [0.1, 0.15) is 18.9 Å². The molecule has 6 heteroatoms. The Bertz CT molecular complexity index is 482. The van der Waals surface area contributed by atoms with Crippen LogP contribution in [0.15, 0.2) is 15.7 Å². The third-order valence-electron chi connectivity index (χ3n) is 3.06. The molecule has 1 aliphatic heterocycles. The van der Waals surface area contributed by atoms with Gasteiger partial charge in [0.05, 0.1) is 0 Å². The van der Waals surface area contributed by atoms with Crippen molar-refractivity contribution < 1.29 is 0 Å². The zero-order chi connectivity index (χ0) is 11.7. The number of nitrogens with one attached hydrogen (secondary N) is 1. The lowest BCUT2D eigenvalue weighted by Gasteiger charge is -2.30. The number of nitrogens with two attached hydrogens (primary N) is 1. The Kier molecular flexibility index (Phi) is 2.82. The number of likely N-dealkylation sites (tertiary alicyclic amines) is 1. The number of rotatable bonds is 1. The minimum atomic E-state index is -0.438. The summed E-state index contributed by atoms with van der Waals surface area (Å²) >= 11 is 0. The lowest BCUT2D eigenvalue weighted by atomic mass is 10.1. The monoisotopic (exact) mass is 224 g/mol. The first-order valence-electron chi connectivity index (χ1n) is 5.38. The molecule has 1 aliphatic rings. The molecule has 0 spiro atoms. The van der Waals surface area contributed by atoms with Crippen LogP contribution in [-0.2, 0) is 0 Å². The highest BCUT2D eigenvalue weighted by atomic mass is 16.2. The number of aromatic amines is 1. The third-order valence-corrected chi connectivity index (χ3v) is 3.06. The molecular formula is C10H16N4O2. The summed E-state index contributed by atoms with van der Waals surface area (Å²) in [5.41, 5.74) is 4.88. The van der Waals surface area contributed by atoms with E-state index >= 15 is 0 Å². The van der Waals surface area contributed by atoms with Crippen molar-refractivity contribution in [1.29, 1.82) is 0 Å². The van der Waals surface area contributed by atoms with Crippen LogP contribution in [0.4, 0.5) is 5.82 Å². The quantitative estimate of drug-likeness (QED) is 0.666. The number of nitrogens with zero attached hydrogens (tertiary/aromatic N) is 2. The highest BCUT2D eigenvalue weighted by Crippen LogP contribution is 2.21. The number of hydrogen-bond donors (Lipinski definition) is 2. The van der Waals surface area contributed by atoms with E-state index in [2.05, 4.69) is 16.9 Å². The van der Waals surface area contributed by atoms with Crippen LogP contribution in [0.5, 0.6) is 0 Å². The van der Waals surface area contributed by atoms with Crippen molar-refractivity contribution in [2.45, 2.75) is 18.9 Å². The maximum absolute atomic E-state index is 11.7. The van der Waals surface area contributed by atoms with Crippen LogP contribution in [0.2, 0.25) is 0 Å². The molecule has 1 saturated heterocycles. The van der Waals surface area contributed by atoms with Gasteiger partial charge in [-0.15, -0.1) is 0 Å². The Balaban J connectivity index is 2.34. The predicted octanol–water partition coefficient (Wildman–Crippen LogP) is -0.614. The first kappa shape index (κ1) is 10.9. The van der Waals surface area contributed by atoms with Gasteiger partial charge in [0.15, 0.2) is 0 Å². The van der Waals surface area contributed by atoms with Gasteiger partial charge in [0, 0.05) is 12.1 Å². The molecule has 1 fully saturated rings. The van der Waals surface area contributed by atoms with E-state index in [1.807, 2.05) is 0 Å². The van der Waals surface area contributed by atoms with Crippen LogP contribution in [0, 0.1) is 0 Å². The second-order valence-electron chi connectivity index (χ2n) is 4.27. The van der Waals surface area contributed by atoms with Gasteiger partial charge in [-0.3, -0.25) is 14.3 Å². The fourth-order valence-corrected chi connectivity index (χ4v) is 2.15. The van der Waals surface area contributed by atoms with Crippen LogP contribution in [0.25, 0.3) is 0 Å². The van der Waals surface area contributed by atoms with Gasteiger partial charge >= 0.3 is 5.69 Å². The fourth-order valence-electron chi connectivity index (χ4n) is 2.15. The smallest absolute Gasteiger partial charge is 0.330 e. The van der Waals surface area contributed by atoms with Gasteiger partial charge in [-0.05, 0) is 33.0 Å². The van der Waals surface area contributed by atoms with Crippen molar-refractivity contribution in [2.24, 2.45) is 0 Å². The normalized spacial score (nSPS) is 18.8. The van der Waals surface area contributed by atoms with Crippen molar-refractivity contribution in [3.63, 3.8) is 0 Å². The molecule has 0 unspecified atom stereocenters. The molecule has 0 bridgehead atoms. The lowest BCUT2D eigenvalue weighted by molar-refractivity contribution is 0.219. The van der Waals surface area contributed by atoms with E-state index in [4.69, 9.17) is 5.73 Å². The summed E-state index contributed by atoms with van der Waals surface area (Å²) in [5.74, 6) is 0.253. The molecule has 1 aromatic rings. The molecule has 0 amide bonds. The molecule has 0 aliphatic carbocycles. The number of aromatic nitrogens is 2. The zero-order valence-electron chi connectivity index (χ0n) is 9.27. The Morgan fingerprint density at radius 3 is 2.56 bits per heavy atom. The van der Waals surface area contributed by atoms with Crippen LogP contribution in [0.3, 0.4) is 0 Å². The predicted molar refractivity (Wildman–Crippen MR) is 61.5 cm³/mol. The molecule has 3 N–H and O–H groups in total. The van der Waals surface area contributed by atoms with Gasteiger partial charge in [-0.25, -0.2) is 4.79 Å². The van der Waals surface area contributed by atoms with E-state index < -0.39 is 11.2 Å². The summed E-state index contributed by atoms with van der Waals surface area (Å²) in [6, 6.07) is 1.36. The third kappa shape index (κ3) is 2.01. The second kappa shape index (κ2) is 4.13. The van der Waals surface area contributed by atoms with E-state index in [9.17, 15) is 9.59 Å². The van der Waals surface area contributed by atoms with E-state index in [1.165, 1.54) is 10.6 Å². The fraction of sp³-hybridized carbons (Fsp3) is 0.600. The Morgan fingerprint density at radius 2 is 2.00 bits per heavy atom. The summed E-state index contributed by atoms with van der Waals surface area (Å²) in [5, 5.41) is 0. The van der Waals surface area contributed by atoms with Crippen LogP contribution in [-0.4, -0.2) is 34.6 Å². The molecule has 16 heavy (non-hydrogen) atoms. The second-order valence-corrected chi connectivity index (χ2v) is 4.27. The van der Waals surface area contributed by atoms with E-state index in [0.29, 0.717) is 0 Å². The number of anilines is 1. The number of hydrogen-bond acceptors (Lipinski definition) is 4. The van der Waals surface area contributed by atoms with E-state index in [1.54, 1.807) is 0 Å².